The highest BCUT2D eigenvalue weighted by atomic mass is 16.5. The van der Waals surface area contributed by atoms with E-state index >= 15 is 0 Å². The molecule has 1 aliphatic heterocycles. The molecule has 0 aliphatic carbocycles. The Hall–Kier alpha value is -4.02. The molecule has 2 unspecified atom stereocenters. The molecule has 0 saturated carbocycles. The Balaban J connectivity index is 1.63. The lowest BCUT2D eigenvalue weighted by Crippen LogP contribution is -2.36. The lowest BCUT2D eigenvalue weighted by molar-refractivity contribution is 0.0209. The van der Waals surface area contributed by atoms with Crippen molar-refractivity contribution in [3.63, 3.8) is 0 Å². The van der Waals surface area contributed by atoms with Crippen molar-refractivity contribution in [3.8, 4) is 34.5 Å². The molecule has 0 amide bonds. The van der Waals surface area contributed by atoms with E-state index in [0.29, 0.717) is 22.8 Å². The number of ketones is 1. The first kappa shape index (κ1) is 23.1. The van der Waals surface area contributed by atoms with Gasteiger partial charge in [-0.1, -0.05) is 6.07 Å². The Labute approximate surface area is 194 Å². The number of Topliss-reactive ketones (excluding diaryl/α,β-unsaturated/α-hetero) is 1. The van der Waals surface area contributed by atoms with Gasteiger partial charge in [0.2, 0.25) is 5.78 Å². The van der Waals surface area contributed by atoms with Gasteiger partial charge in [-0.25, -0.2) is 0 Å². The molecule has 0 spiro atoms. The van der Waals surface area contributed by atoms with Crippen LogP contribution in [0.4, 0.5) is 0 Å². The number of aromatic nitrogens is 1. The zero-order valence-electron chi connectivity index (χ0n) is 18.2. The Morgan fingerprint density at radius 3 is 2.59 bits per heavy atom. The highest BCUT2D eigenvalue weighted by Crippen LogP contribution is 2.43. The van der Waals surface area contributed by atoms with E-state index in [1.54, 1.807) is 36.5 Å². The van der Waals surface area contributed by atoms with Crippen molar-refractivity contribution < 1.29 is 44.2 Å². The monoisotopic (exact) mass is 469 g/mol. The Morgan fingerprint density at radius 2 is 1.88 bits per heavy atom. The Morgan fingerprint density at radius 1 is 1.06 bits per heavy atom. The number of nitrogens with zero attached hydrogens (tertiary/aromatic N) is 1. The van der Waals surface area contributed by atoms with Gasteiger partial charge in [0, 0.05) is 12.1 Å². The number of aromatic hydroxyl groups is 2. The van der Waals surface area contributed by atoms with Gasteiger partial charge in [-0.3, -0.25) is 9.78 Å². The summed E-state index contributed by atoms with van der Waals surface area (Å²) in [5.41, 5.74) is 0.804. The number of phenolic OH excluding ortho intramolecular Hbond substituents is 2. The summed E-state index contributed by atoms with van der Waals surface area (Å²) in [6.07, 6.45) is -1.18. The molecule has 0 fully saturated rings. The van der Waals surface area contributed by atoms with Crippen molar-refractivity contribution in [2.75, 3.05) is 20.3 Å². The summed E-state index contributed by atoms with van der Waals surface area (Å²) in [5, 5.41) is 39.5. The second-order valence-electron chi connectivity index (χ2n) is 7.44. The number of fused-ring (bicyclic) bond motifs is 1. The van der Waals surface area contributed by atoms with Gasteiger partial charge in [0.15, 0.2) is 23.7 Å². The molecule has 34 heavy (non-hydrogen) atoms. The second-order valence-corrected chi connectivity index (χ2v) is 7.44. The second kappa shape index (κ2) is 9.86. The molecule has 4 N–H and O–H groups in total. The van der Waals surface area contributed by atoms with Crippen LogP contribution in [0.1, 0.15) is 27.7 Å². The fourth-order valence-electron chi connectivity index (χ4n) is 3.52. The van der Waals surface area contributed by atoms with Gasteiger partial charge < -0.3 is 39.4 Å². The molecule has 0 bridgehead atoms. The van der Waals surface area contributed by atoms with Crippen molar-refractivity contribution >= 4 is 5.78 Å². The summed E-state index contributed by atoms with van der Waals surface area (Å²) >= 11 is 0. The van der Waals surface area contributed by atoms with Crippen molar-refractivity contribution in [1.29, 1.82) is 0 Å². The maximum Gasteiger partial charge on any atom is 0.202 e. The number of ether oxygens (including phenoxy) is 4. The largest absolute Gasteiger partial charge is 0.508 e. The van der Waals surface area contributed by atoms with Gasteiger partial charge in [0.05, 0.1) is 25.6 Å². The average Bonchev–Trinajstić information content (AvgIpc) is 2.83. The third kappa shape index (κ3) is 4.68. The van der Waals surface area contributed by atoms with E-state index in [-0.39, 0.29) is 42.6 Å². The minimum absolute atomic E-state index is 0.0312. The highest BCUT2D eigenvalue weighted by molar-refractivity contribution is 6.05. The summed E-state index contributed by atoms with van der Waals surface area (Å²) in [6.45, 7) is -0.0894. The molecule has 1 aliphatic rings. The third-order valence-corrected chi connectivity index (χ3v) is 5.18. The van der Waals surface area contributed by atoms with Crippen LogP contribution in [-0.2, 0) is 6.61 Å². The zero-order valence-corrected chi connectivity index (χ0v) is 18.2. The molecule has 10 nitrogen and oxygen atoms in total. The summed E-state index contributed by atoms with van der Waals surface area (Å²) in [4.78, 5) is 17.0. The van der Waals surface area contributed by atoms with Gasteiger partial charge in [0.1, 0.15) is 41.8 Å². The van der Waals surface area contributed by atoms with Gasteiger partial charge in [-0.05, 0) is 29.8 Å². The van der Waals surface area contributed by atoms with E-state index in [4.69, 9.17) is 24.1 Å². The lowest BCUT2D eigenvalue weighted by Gasteiger charge is -2.30. The zero-order chi connectivity index (χ0) is 24.2. The van der Waals surface area contributed by atoms with Gasteiger partial charge >= 0.3 is 0 Å². The smallest absolute Gasteiger partial charge is 0.202 e. The predicted octanol–water partition coefficient (Wildman–Crippen LogP) is 2.13. The van der Waals surface area contributed by atoms with Crippen LogP contribution < -0.4 is 18.9 Å². The Bertz CT molecular complexity index is 1180. The maximum absolute atomic E-state index is 12.7. The van der Waals surface area contributed by atoms with E-state index in [9.17, 15) is 20.1 Å². The van der Waals surface area contributed by atoms with Crippen LogP contribution in [0, 0.1) is 0 Å². The summed E-state index contributed by atoms with van der Waals surface area (Å²) in [7, 11) is 1.54. The van der Waals surface area contributed by atoms with Crippen LogP contribution >= 0.6 is 0 Å². The van der Waals surface area contributed by atoms with Crippen LogP contribution in [0.25, 0.3) is 0 Å². The van der Waals surface area contributed by atoms with Gasteiger partial charge in [0.25, 0.3) is 0 Å². The summed E-state index contributed by atoms with van der Waals surface area (Å²) in [6, 6.07) is 10.4. The topological polar surface area (TPSA) is 148 Å². The van der Waals surface area contributed by atoms with Crippen LogP contribution in [0.3, 0.4) is 0 Å². The van der Waals surface area contributed by atoms with Crippen LogP contribution in [0.2, 0.25) is 0 Å². The Kier molecular flexibility index (Phi) is 6.71. The molecule has 10 heteroatoms. The minimum Gasteiger partial charge on any atom is -0.508 e. The maximum atomic E-state index is 12.7. The molecular formula is C24H23NO9. The number of hydrogen-bond acceptors (Lipinski definition) is 10. The number of carbonyl (C=O) groups excluding carboxylic acids is 1. The predicted molar refractivity (Wildman–Crippen MR) is 118 cm³/mol. The van der Waals surface area contributed by atoms with Crippen molar-refractivity contribution in [1.82, 2.24) is 4.98 Å². The number of pyridine rings is 1. The fraction of sp³-hybridized carbons (Fsp3) is 0.250. The molecule has 178 valence electrons. The van der Waals surface area contributed by atoms with Crippen LogP contribution in [-0.4, -0.2) is 57.6 Å². The van der Waals surface area contributed by atoms with Gasteiger partial charge in [-0.2, -0.15) is 0 Å². The van der Waals surface area contributed by atoms with Gasteiger partial charge in [-0.15, -0.1) is 0 Å². The molecule has 2 heterocycles. The fourth-order valence-corrected chi connectivity index (χ4v) is 3.52. The lowest BCUT2D eigenvalue weighted by atomic mass is 9.92. The molecule has 1 aromatic heterocycles. The number of hydrogen-bond donors (Lipinski definition) is 4. The molecule has 0 saturated heterocycles. The quantitative estimate of drug-likeness (QED) is 0.387. The number of phenols is 2. The number of aliphatic hydroxyl groups excluding tert-OH is 2. The molecule has 2 atom stereocenters. The number of methoxy groups -OCH3 is 1. The van der Waals surface area contributed by atoms with Crippen LogP contribution in [0.15, 0.2) is 48.7 Å². The number of benzene rings is 2. The van der Waals surface area contributed by atoms with E-state index in [1.165, 1.54) is 13.2 Å². The highest BCUT2D eigenvalue weighted by Gasteiger charge is 2.39. The van der Waals surface area contributed by atoms with Crippen molar-refractivity contribution in [3.05, 3.63) is 65.5 Å². The number of carbonyl (C=O) groups is 1. The first-order valence-electron chi connectivity index (χ1n) is 10.4. The molecule has 3 aromatic rings. The number of rotatable bonds is 8. The van der Waals surface area contributed by atoms with E-state index in [2.05, 4.69) is 4.98 Å². The van der Waals surface area contributed by atoms with E-state index in [1.807, 2.05) is 0 Å². The third-order valence-electron chi connectivity index (χ3n) is 5.18. The van der Waals surface area contributed by atoms with Crippen molar-refractivity contribution in [2.45, 2.75) is 18.8 Å². The minimum atomic E-state index is -1.61. The number of aliphatic hydroxyl groups is 2. The molecule has 0 radical (unpaired) electrons. The standard InChI is InChI=1S/C24H23NO9/c1-31-16-4-3-14(25-11-16)12-33-19-8-13(2-5-18(19)32-7-6-26)24-23(30)22(29)21-17(28)9-15(27)10-20(21)34-24/h2-5,8-11,23-24,26-28,30H,6-7,12H2,1H3. The normalized spacial score (nSPS) is 17.0. The summed E-state index contributed by atoms with van der Waals surface area (Å²) in [5.74, 6) is -0.361. The average molecular weight is 469 g/mol. The molecule has 2 aromatic carbocycles. The molecular weight excluding hydrogens is 446 g/mol. The first-order chi connectivity index (χ1) is 16.4. The SMILES string of the molecule is COc1ccc(COc2cc(C3Oc4cc(O)cc(O)c4C(=O)C3O)ccc2OCCO)nc1. The molecule has 4 rings (SSSR count). The van der Waals surface area contributed by atoms with E-state index < -0.39 is 23.7 Å². The van der Waals surface area contributed by atoms with E-state index in [0.717, 1.165) is 6.07 Å². The van der Waals surface area contributed by atoms with Crippen molar-refractivity contribution in [2.24, 2.45) is 0 Å². The summed E-state index contributed by atoms with van der Waals surface area (Å²) < 4.78 is 22.3. The van der Waals surface area contributed by atoms with Crippen LogP contribution in [0.5, 0.6) is 34.5 Å². The first-order valence-corrected chi connectivity index (χ1v) is 10.4.